The molecule has 1 aromatic rings. The van der Waals surface area contributed by atoms with Gasteiger partial charge in [-0.15, -0.1) is 0 Å². The summed E-state index contributed by atoms with van der Waals surface area (Å²) in [6.07, 6.45) is 0. The molecular formula is C11H16F2N2S. The van der Waals surface area contributed by atoms with Crippen LogP contribution in [0.1, 0.15) is 13.8 Å². The number of hydrogen-bond donors (Lipinski definition) is 2. The average Bonchev–Trinajstić information content (AvgIpc) is 2.27. The quantitative estimate of drug-likeness (QED) is 0.784. The lowest BCUT2D eigenvalue weighted by molar-refractivity contribution is 0.511. The van der Waals surface area contributed by atoms with E-state index in [2.05, 4.69) is 12.2 Å². The SMILES string of the molecule is CCSCC(C)Nc1c(N)ccc(F)c1F. The molecule has 0 aliphatic rings. The van der Waals surface area contributed by atoms with E-state index in [0.717, 1.165) is 17.6 Å². The Balaban J connectivity index is 2.76. The predicted molar refractivity (Wildman–Crippen MR) is 66.9 cm³/mol. The Morgan fingerprint density at radius 3 is 2.75 bits per heavy atom. The largest absolute Gasteiger partial charge is 0.397 e. The van der Waals surface area contributed by atoms with Gasteiger partial charge in [0.1, 0.15) is 0 Å². The van der Waals surface area contributed by atoms with Crippen LogP contribution in [0.5, 0.6) is 0 Å². The number of anilines is 2. The van der Waals surface area contributed by atoms with Gasteiger partial charge in [-0.1, -0.05) is 6.92 Å². The molecule has 0 aliphatic carbocycles. The molecule has 16 heavy (non-hydrogen) atoms. The third-order valence-electron chi connectivity index (χ3n) is 2.09. The Morgan fingerprint density at radius 1 is 1.44 bits per heavy atom. The molecule has 2 nitrogen and oxygen atoms in total. The van der Waals surface area contributed by atoms with Crippen LogP contribution < -0.4 is 11.1 Å². The summed E-state index contributed by atoms with van der Waals surface area (Å²) < 4.78 is 26.4. The van der Waals surface area contributed by atoms with E-state index in [1.165, 1.54) is 6.07 Å². The van der Waals surface area contributed by atoms with E-state index >= 15 is 0 Å². The van der Waals surface area contributed by atoms with Crippen molar-refractivity contribution in [3.05, 3.63) is 23.8 Å². The average molecular weight is 246 g/mol. The first-order valence-corrected chi connectivity index (χ1v) is 6.29. The molecule has 0 amide bonds. The second-order valence-corrected chi connectivity index (χ2v) is 4.85. The van der Waals surface area contributed by atoms with Gasteiger partial charge in [0.25, 0.3) is 0 Å². The molecular weight excluding hydrogens is 230 g/mol. The summed E-state index contributed by atoms with van der Waals surface area (Å²) in [5.41, 5.74) is 5.88. The Labute approximate surface area is 98.6 Å². The van der Waals surface area contributed by atoms with E-state index in [0.29, 0.717) is 0 Å². The van der Waals surface area contributed by atoms with Crippen LogP contribution >= 0.6 is 11.8 Å². The third-order valence-corrected chi connectivity index (χ3v) is 3.23. The number of thioether (sulfide) groups is 1. The monoisotopic (exact) mass is 246 g/mol. The van der Waals surface area contributed by atoms with Crippen LogP contribution in [-0.4, -0.2) is 17.5 Å². The lowest BCUT2D eigenvalue weighted by atomic mass is 10.2. The maximum Gasteiger partial charge on any atom is 0.183 e. The predicted octanol–water partition coefficient (Wildman–Crippen LogP) is 3.10. The molecule has 5 heteroatoms. The maximum atomic E-state index is 13.4. The van der Waals surface area contributed by atoms with Gasteiger partial charge in [0, 0.05) is 11.8 Å². The minimum absolute atomic E-state index is 0.0450. The van der Waals surface area contributed by atoms with Gasteiger partial charge >= 0.3 is 0 Å². The van der Waals surface area contributed by atoms with Crippen LogP contribution in [0, 0.1) is 11.6 Å². The molecule has 0 radical (unpaired) electrons. The highest BCUT2D eigenvalue weighted by Gasteiger charge is 2.13. The Hall–Kier alpha value is -0.970. The third kappa shape index (κ3) is 3.27. The molecule has 1 atom stereocenters. The zero-order valence-electron chi connectivity index (χ0n) is 9.39. The molecule has 0 aromatic heterocycles. The molecule has 1 unspecified atom stereocenters. The fourth-order valence-corrected chi connectivity index (χ4v) is 1.97. The smallest absolute Gasteiger partial charge is 0.183 e. The normalized spacial score (nSPS) is 12.5. The van der Waals surface area contributed by atoms with Crippen LogP contribution in [0.25, 0.3) is 0 Å². The lowest BCUT2D eigenvalue weighted by Crippen LogP contribution is -2.20. The molecule has 0 saturated heterocycles. The zero-order valence-corrected chi connectivity index (χ0v) is 10.2. The summed E-state index contributed by atoms with van der Waals surface area (Å²) in [7, 11) is 0. The second-order valence-electron chi connectivity index (χ2n) is 3.53. The van der Waals surface area contributed by atoms with E-state index in [4.69, 9.17) is 5.73 Å². The number of hydrogen-bond acceptors (Lipinski definition) is 3. The molecule has 1 rings (SSSR count). The van der Waals surface area contributed by atoms with Crippen LogP contribution in [0.4, 0.5) is 20.2 Å². The first-order chi connectivity index (χ1) is 7.56. The van der Waals surface area contributed by atoms with E-state index < -0.39 is 11.6 Å². The van der Waals surface area contributed by atoms with Gasteiger partial charge in [-0.25, -0.2) is 8.78 Å². The molecule has 0 saturated carbocycles. The van der Waals surface area contributed by atoms with Crippen molar-refractivity contribution in [2.45, 2.75) is 19.9 Å². The van der Waals surface area contributed by atoms with Crippen LogP contribution in [-0.2, 0) is 0 Å². The molecule has 3 N–H and O–H groups in total. The van der Waals surface area contributed by atoms with Gasteiger partial charge < -0.3 is 11.1 Å². The van der Waals surface area contributed by atoms with Crippen molar-refractivity contribution in [3.63, 3.8) is 0 Å². The number of nitrogens with two attached hydrogens (primary N) is 1. The highest BCUT2D eigenvalue weighted by molar-refractivity contribution is 7.99. The van der Waals surface area contributed by atoms with E-state index in [-0.39, 0.29) is 17.4 Å². The summed E-state index contributed by atoms with van der Waals surface area (Å²) in [6.45, 7) is 3.96. The number of halogens is 2. The standard InChI is InChI=1S/C11H16F2N2S/c1-3-16-6-7(2)15-11-9(14)5-4-8(12)10(11)13/h4-5,7,15H,3,6,14H2,1-2H3. The molecule has 0 heterocycles. The zero-order chi connectivity index (χ0) is 12.1. The van der Waals surface area contributed by atoms with Crippen molar-refractivity contribution in [2.75, 3.05) is 22.6 Å². The van der Waals surface area contributed by atoms with E-state index in [9.17, 15) is 8.78 Å². The fraction of sp³-hybridized carbons (Fsp3) is 0.455. The summed E-state index contributed by atoms with van der Waals surface area (Å²) in [5.74, 6) is 0.0272. The second kappa shape index (κ2) is 5.94. The van der Waals surface area contributed by atoms with Gasteiger partial charge in [0.2, 0.25) is 0 Å². The van der Waals surface area contributed by atoms with Crippen molar-refractivity contribution in [3.8, 4) is 0 Å². The Kier molecular flexibility index (Phi) is 4.86. The summed E-state index contributed by atoms with van der Waals surface area (Å²) >= 11 is 1.73. The molecule has 0 fully saturated rings. The van der Waals surface area contributed by atoms with Gasteiger partial charge in [0.05, 0.1) is 11.4 Å². The van der Waals surface area contributed by atoms with Gasteiger partial charge in [-0.3, -0.25) is 0 Å². The van der Waals surface area contributed by atoms with Gasteiger partial charge in [0.15, 0.2) is 11.6 Å². The first-order valence-electron chi connectivity index (χ1n) is 5.14. The lowest BCUT2D eigenvalue weighted by Gasteiger charge is -2.17. The molecule has 0 bridgehead atoms. The molecule has 1 aromatic carbocycles. The van der Waals surface area contributed by atoms with Crippen molar-refractivity contribution in [1.29, 1.82) is 0 Å². The van der Waals surface area contributed by atoms with Gasteiger partial charge in [-0.2, -0.15) is 11.8 Å². The van der Waals surface area contributed by atoms with E-state index in [1.807, 2.05) is 6.92 Å². The highest BCUT2D eigenvalue weighted by atomic mass is 32.2. The highest BCUT2D eigenvalue weighted by Crippen LogP contribution is 2.25. The molecule has 90 valence electrons. The fourth-order valence-electron chi connectivity index (χ4n) is 1.29. The minimum Gasteiger partial charge on any atom is -0.397 e. The first kappa shape index (κ1) is 13.1. The number of benzene rings is 1. The Morgan fingerprint density at radius 2 is 2.12 bits per heavy atom. The van der Waals surface area contributed by atoms with Gasteiger partial charge in [-0.05, 0) is 24.8 Å². The van der Waals surface area contributed by atoms with Crippen molar-refractivity contribution in [1.82, 2.24) is 0 Å². The number of rotatable bonds is 5. The summed E-state index contributed by atoms with van der Waals surface area (Å²) in [4.78, 5) is 0. The summed E-state index contributed by atoms with van der Waals surface area (Å²) in [5, 5.41) is 2.89. The van der Waals surface area contributed by atoms with Crippen LogP contribution in [0.15, 0.2) is 12.1 Å². The topological polar surface area (TPSA) is 38.0 Å². The Bertz CT molecular complexity index is 358. The van der Waals surface area contributed by atoms with Crippen molar-refractivity contribution < 1.29 is 8.78 Å². The minimum atomic E-state index is -0.909. The van der Waals surface area contributed by atoms with Crippen molar-refractivity contribution in [2.24, 2.45) is 0 Å². The van der Waals surface area contributed by atoms with Crippen LogP contribution in [0.2, 0.25) is 0 Å². The molecule has 0 aliphatic heterocycles. The molecule has 0 spiro atoms. The van der Waals surface area contributed by atoms with Crippen LogP contribution in [0.3, 0.4) is 0 Å². The van der Waals surface area contributed by atoms with E-state index in [1.54, 1.807) is 11.8 Å². The summed E-state index contributed by atoms with van der Waals surface area (Å²) in [6, 6.07) is 2.44. The van der Waals surface area contributed by atoms with Crippen molar-refractivity contribution >= 4 is 23.1 Å². The number of nitrogens with one attached hydrogen (secondary N) is 1. The maximum absolute atomic E-state index is 13.4. The number of nitrogen functional groups attached to an aromatic ring is 1.